The van der Waals surface area contributed by atoms with E-state index in [2.05, 4.69) is 5.32 Å². The van der Waals surface area contributed by atoms with E-state index in [9.17, 15) is 4.79 Å². The van der Waals surface area contributed by atoms with Crippen molar-refractivity contribution >= 4 is 11.6 Å². The Morgan fingerprint density at radius 2 is 1.86 bits per heavy atom. The first-order valence-electron chi connectivity index (χ1n) is 6.79. The van der Waals surface area contributed by atoms with Crippen molar-refractivity contribution in [1.82, 2.24) is 5.32 Å². The van der Waals surface area contributed by atoms with Gasteiger partial charge < -0.3 is 15.8 Å². The van der Waals surface area contributed by atoms with Crippen molar-refractivity contribution in [2.24, 2.45) is 0 Å². The lowest BCUT2D eigenvalue weighted by atomic mass is 10.0. The van der Waals surface area contributed by atoms with E-state index in [0.29, 0.717) is 18.0 Å². The highest BCUT2D eigenvalue weighted by Crippen LogP contribution is 2.22. The van der Waals surface area contributed by atoms with Gasteiger partial charge >= 0.3 is 0 Å². The third-order valence-electron chi connectivity index (χ3n) is 3.46. The topological polar surface area (TPSA) is 64.3 Å². The van der Waals surface area contributed by atoms with Gasteiger partial charge in [-0.05, 0) is 42.7 Å². The third-order valence-corrected chi connectivity index (χ3v) is 3.46. The maximum atomic E-state index is 12.3. The quantitative estimate of drug-likeness (QED) is 0.849. The molecule has 0 heterocycles. The highest BCUT2D eigenvalue weighted by Gasteiger charge is 2.11. The first-order valence-corrected chi connectivity index (χ1v) is 6.79. The molecule has 4 nitrogen and oxygen atoms in total. The largest absolute Gasteiger partial charge is 0.495 e. The number of nitrogens with one attached hydrogen (secondary N) is 1. The van der Waals surface area contributed by atoms with Crippen LogP contribution >= 0.6 is 0 Å². The summed E-state index contributed by atoms with van der Waals surface area (Å²) >= 11 is 0. The maximum absolute atomic E-state index is 12.3. The molecule has 2 aromatic carbocycles. The minimum absolute atomic E-state index is 0.0695. The Kier molecular flexibility index (Phi) is 4.48. The molecule has 1 amide bonds. The number of hydrogen-bond donors (Lipinski definition) is 2. The van der Waals surface area contributed by atoms with Crippen LogP contribution in [0.5, 0.6) is 5.75 Å². The van der Waals surface area contributed by atoms with E-state index in [4.69, 9.17) is 10.5 Å². The van der Waals surface area contributed by atoms with Gasteiger partial charge in [-0.15, -0.1) is 0 Å². The SMILES string of the molecule is COc1ccc(CNC(=O)c2c(C)cccc2C)cc1N. The minimum Gasteiger partial charge on any atom is -0.495 e. The van der Waals surface area contributed by atoms with Crippen molar-refractivity contribution < 1.29 is 9.53 Å². The molecule has 0 saturated heterocycles. The van der Waals surface area contributed by atoms with E-state index in [1.807, 2.05) is 44.2 Å². The second kappa shape index (κ2) is 6.31. The summed E-state index contributed by atoms with van der Waals surface area (Å²) in [6.07, 6.45) is 0. The van der Waals surface area contributed by atoms with E-state index < -0.39 is 0 Å². The monoisotopic (exact) mass is 284 g/mol. The lowest BCUT2D eigenvalue weighted by molar-refractivity contribution is 0.0949. The molecule has 110 valence electrons. The first-order chi connectivity index (χ1) is 10.0. The number of carbonyl (C=O) groups excluding carboxylic acids is 1. The summed E-state index contributed by atoms with van der Waals surface area (Å²) < 4.78 is 5.11. The maximum Gasteiger partial charge on any atom is 0.252 e. The molecule has 0 fully saturated rings. The molecular formula is C17H20N2O2. The van der Waals surface area contributed by atoms with Crippen LogP contribution in [0.1, 0.15) is 27.0 Å². The molecule has 0 unspecified atom stereocenters. The van der Waals surface area contributed by atoms with Crippen LogP contribution in [0.4, 0.5) is 5.69 Å². The number of methoxy groups -OCH3 is 1. The Hall–Kier alpha value is -2.49. The van der Waals surface area contributed by atoms with Gasteiger partial charge in [0.1, 0.15) is 5.75 Å². The van der Waals surface area contributed by atoms with E-state index in [1.165, 1.54) is 0 Å². The number of aryl methyl sites for hydroxylation is 2. The number of ether oxygens (including phenoxy) is 1. The van der Waals surface area contributed by atoms with Gasteiger partial charge in [0.15, 0.2) is 0 Å². The Morgan fingerprint density at radius 3 is 2.43 bits per heavy atom. The normalized spacial score (nSPS) is 10.2. The second-order valence-corrected chi connectivity index (χ2v) is 5.03. The van der Waals surface area contributed by atoms with E-state index in [1.54, 1.807) is 13.2 Å². The zero-order valence-electron chi connectivity index (χ0n) is 12.6. The summed E-state index contributed by atoms with van der Waals surface area (Å²) in [6, 6.07) is 11.3. The average Bonchev–Trinajstić information content (AvgIpc) is 2.45. The number of anilines is 1. The van der Waals surface area contributed by atoms with Crippen LogP contribution in [0.2, 0.25) is 0 Å². The average molecular weight is 284 g/mol. The molecule has 2 aromatic rings. The van der Waals surface area contributed by atoms with Crippen LogP contribution in [0.3, 0.4) is 0 Å². The van der Waals surface area contributed by atoms with Crippen LogP contribution in [0.15, 0.2) is 36.4 Å². The fraction of sp³-hybridized carbons (Fsp3) is 0.235. The van der Waals surface area contributed by atoms with Gasteiger partial charge in [-0.2, -0.15) is 0 Å². The number of hydrogen-bond acceptors (Lipinski definition) is 3. The van der Waals surface area contributed by atoms with Crippen LogP contribution in [-0.4, -0.2) is 13.0 Å². The third kappa shape index (κ3) is 3.34. The lowest BCUT2D eigenvalue weighted by Gasteiger charge is -2.11. The van der Waals surface area contributed by atoms with Crippen molar-refractivity contribution in [3.05, 3.63) is 58.7 Å². The van der Waals surface area contributed by atoms with Crippen molar-refractivity contribution in [1.29, 1.82) is 0 Å². The molecular weight excluding hydrogens is 264 g/mol. The molecule has 0 radical (unpaired) electrons. The number of amides is 1. The number of rotatable bonds is 4. The van der Waals surface area contributed by atoms with Gasteiger partial charge in [-0.25, -0.2) is 0 Å². The predicted octanol–water partition coefficient (Wildman–Crippen LogP) is 2.82. The van der Waals surface area contributed by atoms with E-state index >= 15 is 0 Å². The first kappa shape index (κ1) is 14.9. The Bertz CT molecular complexity index is 646. The van der Waals surface area contributed by atoms with Gasteiger partial charge in [0, 0.05) is 12.1 Å². The number of benzene rings is 2. The molecule has 3 N–H and O–H groups in total. The zero-order chi connectivity index (χ0) is 15.4. The molecule has 0 spiro atoms. The van der Waals surface area contributed by atoms with Gasteiger partial charge in [0.25, 0.3) is 5.91 Å². The van der Waals surface area contributed by atoms with Crippen molar-refractivity contribution in [3.63, 3.8) is 0 Å². The summed E-state index contributed by atoms with van der Waals surface area (Å²) in [5.74, 6) is 0.569. The molecule has 4 heteroatoms. The van der Waals surface area contributed by atoms with Crippen LogP contribution in [0, 0.1) is 13.8 Å². The highest BCUT2D eigenvalue weighted by molar-refractivity contribution is 5.97. The molecule has 0 aromatic heterocycles. The number of carbonyl (C=O) groups is 1. The second-order valence-electron chi connectivity index (χ2n) is 5.03. The Morgan fingerprint density at radius 1 is 1.19 bits per heavy atom. The molecule has 2 rings (SSSR count). The molecule has 0 saturated carbocycles. The van der Waals surface area contributed by atoms with Crippen LogP contribution in [0.25, 0.3) is 0 Å². The molecule has 0 atom stereocenters. The van der Waals surface area contributed by atoms with E-state index in [-0.39, 0.29) is 5.91 Å². The number of nitrogen functional groups attached to an aromatic ring is 1. The molecule has 0 aliphatic heterocycles. The highest BCUT2D eigenvalue weighted by atomic mass is 16.5. The van der Waals surface area contributed by atoms with Crippen LogP contribution in [-0.2, 0) is 6.54 Å². The van der Waals surface area contributed by atoms with Crippen molar-refractivity contribution in [3.8, 4) is 5.75 Å². The summed E-state index contributed by atoms with van der Waals surface area (Å²) in [6.45, 7) is 4.31. The zero-order valence-corrected chi connectivity index (χ0v) is 12.6. The van der Waals surface area contributed by atoms with Crippen molar-refractivity contribution in [2.45, 2.75) is 20.4 Å². The fourth-order valence-corrected chi connectivity index (χ4v) is 2.34. The van der Waals surface area contributed by atoms with Gasteiger partial charge in [0.05, 0.1) is 12.8 Å². The molecule has 21 heavy (non-hydrogen) atoms. The predicted molar refractivity (Wildman–Crippen MR) is 84.5 cm³/mol. The molecule has 0 aliphatic carbocycles. The summed E-state index contributed by atoms with van der Waals surface area (Å²) in [5, 5.41) is 2.93. The summed E-state index contributed by atoms with van der Waals surface area (Å²) in [5.41, 5.74) is 10.0. The van der Waals surface area contributed by atoms with E-state index in [0.717, 1.165) is 22.3 Å². The summed E-state index contributed by atoms with van der Waals surface area (Å²) in [4.78, 5) is 12.3. The Balaban J connectivity index is 2.09. The smallest absolute Gasteiger partial charge is 0.252 e. The van der Waals surface area contributed by atoms with Crippen molar-refractivity contribution in [2.75, 3.05) is 12.8 Å². The molecule has 0 bridgehead atoms. The summed E-state index contributed by atoms with van der Waals surface area (Å²) in [7, 11) is 1.58. The fourth-order valence-electron chi connectivity index (χ4n) is 2.34. The van der Waals surface area contributed by atoms with Gasteiger partial charge in [0.2, 0.25) is 0 Å². The van der Waals surface area contributed by atoms with Crippen LogP contribution < -0.4 is 15.8 Å². The number of nitrogens with two attached hydrogens (primary N) is 1. The molecule has 0 aliphatic rings. The van der Waals surface area contributed by atoms with Gasteiger partial charge in [-0.1, -0.05) is 24.3 Å². The lowest BCUT2D eigenvalue weighted by Crippen LogP contribution is -2.24. The minimum atomic E-state index is -0.0695. The Labute approximate surface area is 124 Å². The standard InChI is InChI=1S/C17H20N2O2/c1-11-5-4-6-12(2)16(11)17(20)19-10-13-7-8-15(21-3)14(18)9-13/h4-9H,10,18H2,1-3H3,(H,19,20). The van der Waals surface area contributed by atoms with Gasteiger partial charge in [-0.3, -0.25) is 4.79 Å².